The minimum absolute atomic E-state index is 0.0387. The van der Waals surface area contributed by atoms with Gasteiger partial charge in [-0.2, -0.15) is 11.8 Å². The molecule has 2 amide bonds. The van der Waals surface area contributed by atoms with E-state index in [1.165, 1.54) is 6.42 Å². The predicted molar refractivity (Wildman–Crippen MR) is 84.6 cm³/mol. The number of carbonyl (C=O) groups excluding carboxylic acids is 1. The van der Waals surface area contributed by atoms with E-state index in [1.54, 1.807) is 16.7 Å². The minimum Gasteiger partial charge on any atom is -0.481 e. The molecule has 2 fully saturated rings. The molecule has 1 saturated carbocycles. The van der Waals surface area contributed by atoms with Crippen molar-refractivity contribution >= 4 is 23.8 Å². The number of carbonyl (C=O) groups is 2. The molecule has 1 aliphatic carbocycles. The molecule has 0 aromatic carbocycles. The van der Waals surface area contributed by atoms with Crippen molar-refractivity contribution in [3.8, 4) is 0 Å². The molecule has 120 valence electrons. The zero-order chi connectivity index (χ0) is 15.4. The molecule has 0 aromatic rings. The van der Waals surface area contributed by atoms with Crippen LogP contribution in [0, 0.1) is 11.8 Å². The molecule has 4 unspecified atom stereocenters. The lowest BCUT2D eigenvalue weighted by atomic mass is 9.78. The fourth-order valence-electron chi connectivity index (χ4n) is 3.32. The second-order valence-electron chi connectivity index (χ2n) is 6.34. The van der Waals surface area contributed by atoms with Crippen LogP contribution in [0.4, 0.5) is 4.79 Å². The Morgan fingerprint density at radius 2 is 2.10 bits per heavy atom. The summed E-state index contributed by atoms with van der Waals surface area (Å²) < 4.78 is 0. The molecule has 0 spiro atoms. The number of carboxylic acid groups (broad SMARTS) is 1. The topological polar surface area (TPSA) is 69.6 Å². The normalized spacial score (nSPS) is 33.5. The fourth-order valence-corrected chi connectivity index (χ4v) is 4.38. The quantitative estimate of drug-likeness (QED) is 0.839. The molecule has 1 aliphatic heterocycles. The molecule has 5 nitrogen and oxygen atoms in total. The first kappa shape index (κ1) is 16.5. The lowest BCUT2D eigenvalue weighted by Crippen LogP contribution is -2.55. The maximum absolute atomic E-state index is 12.5. The van der Waals surface area contributed by atoms with Crippen LogP contribution in [0.2, 0.25) is 0 Å². The molecule has 1 heterocycles. The Labute approximate surface area is 130 Å². The lowest BCUT2D eigenvalue weighted by molar-refractivity contribution is -0.138. The van der Waals surface area contributed by atoms with Gasteiger partial charge in [0.2, 0.25) is 0 Å². The van der Waals surface area contributed by atoms with Crippen LogP contribution in [0.5, 0.6) is 0 Å². The number of thioether (sulfide) groups is 1. The number of rotatable bonds is 3. The van der Waals surface area contributed by atoms with Gasteiger partial charge in [-0.3, -0.25) is 4.79 Å². The lowest BCUT2D eigenvalue weighted by Gasteiger charge is -2.39. The van der Waals surface area contributed by atoms with Gasteiger partial charge in [0.1, 0.15) is 0 Å². The van der Waals surface area contributed by atoms with E-state index in [2.05, 4.69) is 19.2 Å². The van der Waals surface area contributed by atoms with Gasteiger partial charge in [0.05, 0.1) is 12.5 Å². The third kappa shape index (κ3) is 4.28. The Kier molecular flexibility index (Phi) is 5.79. The van der Waals surface area contributed by atoms with Crippen LogP contribution < -0.4 is 5.32 Å². The molecular formula is C15H26N2O3S. The molecule has 6 heteroatoms. The summed E-state index contributed by atoms with van der Waals surface area (Å²) in [5.74, 6) is 1.90. The van der Waals surface area contributed by atoms with Gasteiger partial charge in [-0.05, 0) is 18.3 Å². The van der Waals surface area contributed by atoms with Gasteiger partial charge in [-0.15, -0.1) is 0 Å². The second kappa shape index (κ2) is 7.38. The van der Waals surface area contributed by atoms with E-state index in [1.807, 2.05) is 0 Å². The third-order valence-corrected chi connectivity index (χ3v) is 6.01. The van der Waals surface area contributed by atoms with E-state index in [9.17, 15) is 9.59 Å². The highest BCUT2D eigenvalue weighted by atomic mass is 32.2. The molecule has 2 aliphatic rings. The SMILES string of the molecule is CC1CCCC(NC(=O)N2CCSCC2CC(=O)O)C1C. The average Bonchev–Trinajstić information content (AvgIpc) is 2.44. The zero-order valence-electron chi connectivity index (χ0n) is 12.9. The summed E-state index contributed by atoms with van der Waals surface area (Å²) in [6, 6.07) is -0.0358. The van der Waals surface area contributed by atoms with Crippen molar-refractivity contribution in [3.63, 3.8) is 0 Å². The Bertz CT molecular complexity index is 391. The summed E-state index contributed by atoms with van der Waals surface area (Å²) in [4.78, 5) is 25.2. The fraction of sp³-hybridized carbons (Fsp3) is 0.867. The summed E-state index contributed by atoms with van der Waals surface area (Å²) in [5.41, 5.74) is 0. The highest BCUT2D eigenvalue weighted by Crippen LogP contribution is 2.30. The van der Waals surface area contributed by atoms with Crippen LogP contribution in [-0.2, 0) is 4.79 Å². The van der Waals surface area contributed by atoms with Crippen molar-refractivity contribution in [2.45, 2.75) is 51.6 Å². The number of aliphatic carboxylic acids is 1. The van der Waals surface area contributed by atoms with E-state index in [0.717, 1.165) is 24.3 Å². The minimum atomic E-state index is -0.833. The van der Waals surface area contributed by atoms with Gasteiger partial charge < -0.3 is 15.3 Å². The standard InChI is InChI=1S/C15H26N2O3S/c1-10-4-3-5-13(11(10)2)16-15(20)17-6-7-21-9-12(17)8-14(18)19/h10-13H,3-9H2,1-2H3,(H,16,20)(H,18,19). The summed E-state index contributed by atoms with van der Waals surface area (Å²) in [7, 11) is 0. The largest absolute Gasteiger partial charge is 0.481 e. The summed E-state index contributed by atoms with van der Waals surface area (Å²) >= 11 is 1.73. The number of carboxylic acids is 1. The number of nitrogens with one attached hydrogen (secondary N) is 1. The number of urea groups is 1. The summed E-state index contributed by atoms with van der Waals surface area (Å²) in [6.07, 6.45) is 3.46. The van der Waals surface area contributed by atoms with Crippen molar-refractivity contribution in [1.82, 2.24) is 10.2 Å². The Morgan fingerprint density at radius 1 is 1.33 bits per heavy atom. The Balaban J connectivity index is 1.95. The smallest absolute Gasteiger partial charge is 0.317 e. The van der Waals surface area contributed by atoms with Gasteiger partial charge in [0.15, 0.2) is 0 Å². The highest BCUT2D eigenvalue weighted by Gasteiger charge is 2.33. The van der Waals surface area contributed by atoms with E-state index in [0.29, 0.717) is 18.4 Å². The maximum atomic E-state index is 12.5. The molecular weight excluding hydrogens is 288 g/mol. The predicted octanol–water partition coefficient (Wildman–Crippen LogP) is 2.41. The van der Waals surface area contributed by atoms with E-state index >= 15 is 0 Å². The number of nitrogens with zero attached hydrogens (tertiary/aromatic N) is 1. The molecule has 4 atom stereocenters. The third-order valence-electron chi connectivity index (χ3n) is 4.91. The molecule has 0 bridgehead atoms. The number of amides is 2. The highest BCUT2D eigenvalue weighted by molar-refractivity contribution is 7.99. The average molecular weight is 314 g/mol. The van der Waals surface area contributed by atoms with Crippen LogP contribution in [0.15, 0.2) is 0 Å². The van der Waals surface area contributed by atoms with Crippen LogP contribution >= 0.6 is 11.8 Å². The van der Waals surface area contributed by atoms with Gasteiger partial charge in [-0.25, -0.2) is 4.79 Å². The second-order valence-corrected chi connectivity index (χ2v) is 7.49. The van der Waals surface area contributed by atoms with Crippen LogP contribution in [0.25, 0.3) is 0 Å². The first-order valence-electron chi connectivity index (χ1n) is 7.85. The molecule has 0 radical (unpaired) electrons. The van der Waals surface area contributed by atoms with E-state index < -0.39 is 5.97 Å². The van der Waals surface area contributed by atoms with Crippen molar-refractivity contribution in [3.05, 3.63) is 0 Å². The first-order valence-corrected chi connectivity index (χ1v) is 9.01. The number of hydrogen-bond acceptors (Lipinski definition) is 3. The van der Waals surface area contributed by atoms with Crippen molar-refractivity contribution < 1.29 is 14.7 Å². The first-order chi connectivity index (χ1) is 9.99. The van der Waals surface area contributed by atoms with Gasteiger partial charge >= 0.3 is 12.0 Å². The van der Waals surface area contributed by atoms with Crippen molar-refractivity contribution in [2.24, 2.45) is 11.8 Å². The van der Waals surface area contributed by atoms with Crippen LogP contribution in [-0.4, -0.2) is 52.1 Å². The number of hydrogen-bond donors (Lipinski definition) is 2. The molecule has 0 aromatic heterocycles. The van der Waals surface area contributed by atoms with Crippen molar-refractivity contribution in [1.29, 1.82) is 0 Å². The van der Waals surface area contributed by atoms with Crippen molar-refractivity contribution in [2.75, 3.05) is 18.1 Å². The zero-order valence-corrected chi connectivity index (χ0v) is 13.7. The van der Waals surface area contributed by atoms with E-state index in [4.69, 9.17) is 5.11 Å². The molecule has 2 N–H and O–H groups in total. The Morgan fingerprint density at radius 3 is 2.81 bits per heavy atom. The Hall–Kier alpha value is -0.910. The van der Waals surface area contributed by atoms with E-state index in [-0.39, 0.29) is 24.5 Å². The monoisotopic (exact) mass is 314 g/mol. The summed E-state index contributed by atoms with van der Waals surface area (Å²) in [5, 5.41) is 12.2. The molecule has 2 rings (SSSR count). The molecule has 21 heavy (non-hydrogen) atoms. The summed E-state index contributed by atoms with van der Waals surface area (Å²) in [6.45, 7) is 5.09. The van der Waals surface area contributed by atoms with Gasteiger partial charge in [0.25, 0.3) is 0 Å². The van der Waals surface area contributed by atoms with Crippen LogP contribution in [0.3, 0.4) is 0 Å². The van der Waals surface area contributed by atoms with Gasteiger partial charge in [-0.1, -0.05) is 26.7 Å². The maximum Gasteiger partial charge on any atom is 0.317 e. The van der Waals surface area contributed by atoms with Crippen LogP contribution in [0.1, 0.15) is 39.5 Å². The van der Waals surface area contributed by atoms with Gasteiger partial charge in [0, 0.05) is 24.1 Å². The molecule has 1 saturated heterocycles.